The fourth-order valence-corrected chi connectivity index (χ4v) is 3.17. The van der Waals surface area contributed by atoms with Gasteiger partial charge in [-0.1, -0.05) is 0 Å². The van der Waals surface area contributed by atoms with Gasteiger partial charge in [0.2, 0.25) is 0 Å². The van der Waals surface area contributed by atoms with Gasteiger partial charge in [0, 0.05) is 18.5 Å². The first-order valence-corrected chi connectivity index (χ1v) is 7.72. The van der Waals surface area contributed by atoms with Gasteiger partial charge in [-0.15, -0.1) is 0 Å². The molecule has 0 aromatic carbocycles. The molecule has 8 heteroatoms. The zero-order chi connectivity index (χ0) is 16.4. The zero-order valence-corrected chi connectivity index (χ0v) is 12.7. The van der Waals surface area contributed by atoms with Crippen LogP contribution in [-0.4, -0.2) is 33.4 Å². The van der Waals surface area contributed by atoms with Crippen LogP contribution in [0, 0.1) is 10.1 Å². The summed E-state index contributed by atoms with van der Waals surface area (Å²) >= 11 is 0. The molecule has 0 aliphatic carbocycles. The Morgan fingerprint density at radius 2 is 2.04 bits per heavy atom. The number of quaternary nitrogens is 1. The predicted octanol–water partition coefficient (Wildman–Crippen LogP) is -0.896. The third-order valence-electron chi connectivity index (χ3n) is 4.29. The van der Waals surface area contributed by atoms with Gasteiger partial charge in [-0.2, -0.15) is 0 Å². The zero-order valence-electron chi connectivity index (χ0n) is 12.7. The second-order valence-corrected chi connectivity index (χ2v) is 5.91. The maximum Gasteiger partial charge on any atom is 0.286 e. The summed E-state index contributed by atoms with van der Waals surface area (Å²) in [5.74, 6) is -1.20. The lowest BCUT2D eigenvalue weighted by atomic mass is 10.1. The minimum atomic E-state index is -1.20. The minimum absolute atomic E-state index is 0.0372. The first kappa shape index (κ1) is 15.4. The maximum absolute atomic E-state index is 11.0. The molecule has 0 unspecified atom stereocenters. The fraction of sp³-hybridized carbons (Fsp3) is 0.467. The Labute approximate surface area is 132 Å². The van der Waals surface area contributed by atoms with Crippen molar-refractivity contribution in [3.8, 4) is 0 Å². The number of hydrogen-bond donors (Lipinski definition) is 1. The number of aromatic nitrogens is 2. The van der Waals surface area contributed by atoms with E-state index in [0.717, 1.165) is 31.6 Å². The lowest BCUT2D eigenvalue weighted by Gasteiger charge is -2.23. The van der Waals surface area contributed by atoms with E-state index in [9.17, 15) is 20.0 Å². The summed E-state index contributed by atoms with van der Waals surface area (Å²) in [5, 5.41) is 22.0. The number of carboxylic acid groups (broad SMARTS) is 1. The topological polar surface area (TPSA) is 105 Å². The van der Waals surface area contributed by atoms with E-state index in [-0.39, 0.29) is 12.1 Å². The Balaban J connectivity index is 2.03. The van der Waals surface area contributed by atoms with Gasteiger partial charge < -0.3 is 14.8 Å². The molecule has 122 valence electrons. The Kier molecular flexibility index (Phi) is 4.24. The monoisotopic (exact) mass is 318 g/mol. The summed E-state index contributed by atoms with van der Waals surface area (Å²) in [6, 6.07) is 2.93. The van der Waals surface area contributed by atoms with Crippen LogP contribution in [0.1, 0.15) is 30.7 Å². The molecule has 1 N–H and O–H groups in total. The van der Waals surface area contributed by atoms with Gasteiger partial charge in [0.1, 0.15) is 17.9 Å². The standard InChI is InChI=1S/C15H18N4O4/c20-15(21)8-12-13(10-17-6-2-1-3-7-17)18-9-11(19(22)23)4-5-14(18)16-12/h4-5,9H,1-3,6-8,10H2,(H,20,21). The molecule has 1 saturated heterocycles. The first-order valence-electron chi connectivity index (χ1n) is 7.72. The van der Waals surface area contributed by atoms with Gasteiger partial charge in [-0.05, 0) is 25.3 Å². The number of carboxylic acids is 1. The van der Waals surface area contributed by atoms with Gasteiger partial charge in [0.15, 0.2) is 0 Å². The molecular formula is C15H18N4O4. The SMILES string of the molecule is O=C([O-])Cc1nc2ccc([N+](=O)[O-])cn2c1C[NH+]1CCCCC1. The van der Waals surface area contributed by atoms with Crippen LogP contribution in [0.15, 0.2) is 18.3 Å². The van der Waals surface area contributed by atoms with E-state index < -0.39 is 10.9 Å². The quantitative estimate of drug-likeness (QED) is 0.568. The summed E-state index contributed by atoms with van der Waals surface area (Å²) in [4.78, 5) is 27.2. The minimum Gasteiger partial charge on any atom is -0.550 e. The van der Waals surface area contributed by atoms with Gasteiger partial charge in [0.25, 0.3) is 5.69 Å². The molecule has 0 radical (unpaired) electrons. The number of nitrogens with one attached hydrogen (secondary N) is 1. The van der Waals surface area contributed by atoms with Crippen LogP contribution in [0.5, 0.6) is 0 Å². The van der Waals surface area contributed by atoms with Crippen molar-refractivity contribution < 1.29 is 19.7 Å². The molecule has 0 spiro atoms. The van der Waals surface area contributed by atoms with E-state index in [1.54, 1.807) is 10.5 Å². The van der Waals surface area contributed by atoms with Crippen molar-refractivity contribution in [1.29, 1.82) is 0 Å². The Morgan fingerprint density at radius 1 is 1.30 bits per heavy atom. The van der Waals surface area contributed by atoms with E-state index >= 15 is 0 Å². The number of fused-ring (bicyclic) bond motifs is 1. The van der Waals surface area contributed by atoms with Crippen LogP contribution in [0.3, 0.4) is 0 Å². The normalized spacial score (nSPS) is 15.8. The number of likely N-dealkylation sites (tertiary alicyclic amines) is 1. The molecule has 2 aromatic heterocycles. The molecule has 8 nitrogen and oxygen atoms in total. The van der Waals surface area contributed by atoms with Crippen LogP contribution in [0.2, 0.25) is 0 Å². The third-order valence-corrected chi connectivity index (χ3v) is 4.29. The number of piperidine rings is 1. The molecule has 1 fully saturated rings. The molecule has 2 aromatic rings. The number of nitrogens with zero attached hydrogens (tertiary/aromatic N) is 3. The Bertz CT molecular complexity index is 749. The van der Waals surface area contributed by atoms with E-state index in [0.29, 0.717) is 17.9 Å². The van der Waals surface area contributed by atoms with Gasteiger partial charge in [-0.25, -0.2) is 4.98 Å². The molecule has 0 bridgehead atoms. The highest BCUT2D eigenvalue weighted by Gasteiger charge is 2.21. The van der Waals surface area contributed by atoms with E-state index in [1.165, 1.54) is 23.6 Å². The summed E-state index contributed by atoms with van der Waals surface area (Å²) in [5.41, 5.74) is 1.65. The smallest absolute Gasteiger partial charge is 0.286 e. The predicted molar refractivity (Wildman–Crippen MR) is 78.8 cm³/mol. The summed E-state index contributed by atoms with van der Waals surface area (Å²) < 4.78 is 1.65. The van der Waals surface area contributed by atoms with Crippen LogP contribution in [-0.2, 0) is 17.8 Å². The highest BCUT2D eigenvalue weighted by atomic mass is 16.6. The number of nitro groups is 1. The highest BCUT2D eigenvalue weighted by molar-refractivity contribution is 5.68. The fourth-order valence-electron chi connectivity index (χ4n) is 3.17. The largest absolute Gasteiger partial charge is 0.550 e. The summed E-state index contributed by atoms with van der Waals surface area (Å²) in [6.45, 7) is 2.66. The van der Waals surface area contributed by atoms with Crippen LogP contribution < -0.4 is 10.0 Å². The van der Waals surface area contributed by atoms with E-state index in [1.807, 2.05) is 0 Å². The second-order valence-electron chi connectivity index (χ2n) is 5.91. The van der Waals surface area contributed by atoms with Crippen molar-refractivity contribution in [3.05, 3.63) is 39.8 Å². The first-order chi connectivity index (χ1) is 11.0. The average molecular weight is 318 g/mol. The number of hydrogen-bond acceptors (Lipinski definition) is 5. The summed E-state index contributed by atoms with van der Waals surface area (Å²) in [6.07, 6.45) is 4.63. The van der Waals surface area contributed by atoms with Gasteiger partial charge in [0.05, 0.1) is 29.9 Å². The highest BCUT2D eigenvalue weighted by Crippen LogP contribution is 2.18. The van der Waals surface area contributed by atoms with Gasteiger partial charge in [-0.3, -0.25) is 14.5 Å². The molecule has 0 saturated carbocycles. The molecule has 0 amide bonds. The number of aliphatic carboxylic acids is 1. The van der Waals surface area contributed by atoms with E-state index in [2.05, 4.69) is 4.98 Å². The van der Waals surface area contributed by atoms with Crippen LogP contribution in [0.4, 0.5) is 5.69 Å². The molecule has 3 rings (SSSR count). The van der Waals surface area contributed by atoms with Gasteiger partial charge >= 0.3 is 0 Å². The number of rotatable bonds is 5. The second kappa shape index (κ2) is 6.33. The van der Waals surface area contributed by atoms with Crippen molar-refractivity contribution in [2.45, 2.75) is 32.2 Å². The third kappa shape index (κ3) is 3.31. The van der Waals surface area contributed by atoms with Crippen LogP contribution >= 0.6 is 0 Å². The molecule has 23 heavy (non-hydrogen) atoms. The number of carbonyl (C=O) groups excluding carboxylic acids is 1. The lowest BCUT2D eigenvalue weighted by molar-refractivity contribution is -0.918. The Morgan fingerprint density at radius 3 is 2.70 bits per heavy atom. The van der Waals surface area contributed by atoms with Crippen LogP contribution in [0.25, 0.3) is 5.65 Å². The molecule has 1 aliphatic rings. The Hall–Kier alpha value is -2.48. The van der Waals surface area contributed by atoms with Crippen molar-refractivity contribution in [2.24, 2.45) is 0 Å². The van der Waals surface area contributed by atoms with E-state index in [4.69, 9.17) is 0 Å². The average Bonchev–Trinajstić information content (AvgIpc) is 2.84. The molecule has 1 aliphatic heterocycles. The number of carbonyl (C=O) groups is 1. The number of pyridine rings is 1. The van der Waals surface area contributed by atoms with Crippen molar-refractivity contribution in [2.75, 3.05) is 13.1 Å². The molecule has 0 atom stereocenters. The van der Waals surface area contributed by atoms with Crippen molar-refractivity contribution >= 4 is 17.3 Å². The number of imidazole rings is 1. The molecule has 3 heterocycles. The van der Waals surface area contributed by atoms with Crippen molar-refractivity contribution in [1.82, 2.24) is 9.38 Å². The lowest BCUT2D eigenvalue weighted by Crippen LogP contribution is -3.11. The van der Waals surface area contributed by atoms with Crippen molar-refractivity contribution in [3.63, 3.8) is 0 Å². The summed E-state index contributed by atoms with van der Waals surface area (Å²) in [7, 11) is 0. The molecular weight excluding hydrogens is 300 g/mol. The maximum atomic E-state index is 11.0.